The van der Waals surface area contributed by atoms with Gasteiger partial charge >= 0.3 is 0 Å². The van der Waals surface area contributed by atoms with Gasteiger partial charge in [0.25, 0.3) is 11.8 Å². The summed E-state index contributed by atoms with van der Waals surface area (Å²) in [6, 6.07) is 9.87. The van der Waals surface area contributed by atoms with Crippen molar-refractivity contribution in [1.82, 2.24) is 20.2 Å². The quantitative estimate of drug-likeness (QED) is 0.564. The topological polar surface area (TPSA) is 145 Å². The number of ether oxygens (including phenoxy) is 2. The number of hydrogen-bond acceptors (Lipinski definition) is 7. The molecule has 10 heteroatoms. The van der Waals surface area contributed by atoms with Crippen LogP contribution < -0.4 is 20.5 Å². The van der Waals surface area contributed by atoms with Crippen molar-refractivity contribution in [2.45, 2.75) is 0 Å². The molecule has 0 atom stereocenters. The average molecular weight is 368 g/mol. The fourth-order valence-electron chi connectivity index (χ4n) is 2.19. The predicted molar refractivity (Wildman–Crippen MR) is 95.3 cm³/mol. The van der Waals surface area contributed by atoms with Crippen LogP contribution in [0.15, 0.2) is 42.6 Å². The fraction of sp³-hybridized carbons (Fsp3) is 0.118. The molecule has 3 aromatic rings. The lowest BCUT2D eigenvalue weighted by Gasteiger charge is -2.10. The van der Waals surface area contributed by atoms with Crippen molar-refractivity contribution < 1.29 is 19.1 Å². The van der Waals surface area contributed by atoms with Crippen molar-refractivity contribution in [3.05, 3.63) is 48.2 Å². The molecule has 1 aromatic carbocycles. The molecule has 0 aliphatic rings. The van der Waals surface area contributed by atoms with Crippen molar-refractivity contribution in [2.24, 2.45) is 5.73 Å². The van der Waals surface area contributed by atoms with Gasteiger partial charge in [0.2, 0.25) is 5.95 Å². The van der Waals surface area contributed by atoms with Gasteiger partial charge in [-0.15, -0.1) is 10.2 Å². The van der Waals surface area contributed by atoms with E-state index in [4.69, 9.17) is 15.2 Å². The lowest BCUT2D eigenvalue weighted by molar-refractivity contribution is -0.119. The molecule has 0 radical (unpaired) electrons. The van der Waals surface area contributed by atoms with E-state index >= 15 is 0 Å². The van der Waals surface area contributed by atoms with Crippen LogP contribution in [0.25, 0.3) is 11.5 Å². The Balaban J connectivity index is 1.72. The summed E-state index contributed by atoms with van der Waals surface area (Å²) in [6.45, 7) is -0.295. The normalized spacial score (nSPS) is 10.3. The van der Waals surface area contributed by atoms with Crippen molar-refractivity contribution in [3.8, 4) is 23.0 Å². The number of hydrogen-bond donors (Lipinski definition) is 3. The number of rotatable bonds is 7. The Hall–Kier alpha value is -3.95. The SMILES string of the molecule is COc1cc(C(=O)Nc2nnc(-c3ccccn3)[nH]2)ccc1OCC(N)=O. The molecule has 27 heavy (non-hydrogen) atoms. The zero-order chi connectivity index (χ0) is 19.2. The Kier molecular flexibility index (Phi) is 5.26. The van der Waals surface area contributed by atoms with Gasteiger partial charge in [0.15, 0.2) is 23.9 Å². The number of aromatic nitrogens is 4. The second-order valence-corrected chi connectivity index (χ2v) is 5.31. The molecule has 0 spiro atoms. The number of H-pyrrole nitrogens is 1. The van der Waals surface area contributed by atoms with Crippen LogP contribution in [0.2, 0.25) is 0 Å². The van der Waals surface area contributed by atoms with Gasteiger partial charge in [-0.05, 0) is 30.3 Å². The fourth-order valence-corrected chi connectivity index (χ4v) is 2.19. The molecule has 4 N–H and O–H groups in total. The summed E-state index contributed by atoms with van der Waals surface area (Å²) >= 11 is 0. The van der Waals surface area contributed by atoms with E-state index < -0.39 is 11.8 Å². The number of benzene rings is 1. The lowest BCUT2D eigenvalue weighted by Crippen LogP contribution is -2.20. The van der Waals surface area contributed by atoms with E-state index in [1.807, 2.05) is 6.07 Å². The van der Waals surface area contributed by atoms with Crippen LogP contribution in [-0.2, 0) is 4.79 Å². The lowest BCUT2D eigenvalue weighted by atomic mass is 10.2. The monoisotopic (exact) mass is 368 g/mol. The molecule has 0 bridgehead atoms. The summed E-state index contributed by atoms with van der Waals surface area (Å²) in [5.41, 5.74) is 5.95. The van der Waals surface area contributed by atoms with E-state index in [2.05, 4.69) is 25.5 Å². The highest BCUT2D eigenvalue weighted by molar-refractivity contribution is 6.03. The highest BCUT2D eigenvalue weighted by atomic mass is 16.5. The summed E-state index contributed by atoms with van der Waals surface area (Å²) in [5, 5.41) is 10.4. The molecule has 0 aliphatic carbocycles. The van der Waals surface area contributed by atoms with E-state index in [-0.39, 0.29) is 18.3 Å². The number of nitrogens with two attached hydrogens (primary N) is 1. The minimum atomic E-state index is -0.618. The van der Waals surface area contributed by atoms with Crippen LogP contribution in [-0.4, -0.2) is 45.7 Å². The van der Waals surface area contributed by atoms with Crippen LogP contribution >= 0.6 is 0 Å². The van der Waals surface area contributed by atoms with Crippen LogP contribution in [0.4, 0.5) is 5.95 Å². The number of nitrogens with zero attached hydrogens (tertiary/aromatic N) is 3. The Labute approximate surface area is 153 Å². The van der Waals surface area contributed by atoms with E-state index in [0.29, 0.717) is 22.8 Å². The van der Waals surface area contributed by atoms with Crippen molar-refractivity contribution in [3.63, 3.8) is 0 Å². The summed E-state index contributed by atoms with van der Waals surface area (Å²) in [4.78, 5) is 30.3. The minimum Gasteiger partial charge on any atom is -0.493 e. The Morgan fingerprint density at radius 3 is 2.74 bits per heavy atom. The van der Waals surface area contributed by atoms with E-state index in [9.17, 15) is 9.59 Å². The predicted octanol–water partition coefficient (Wildman–Crippen LogP) is 0.992. The molecule has 0 fully saturated rings. The summed E-state index contributed by atoms with van der Waals surface area (Å²) in [6.07, 6.45) is 1.63. The Morgan fingerprint density at radius 2 is 2.04 bits per heavy atom. The second-order valence-electron chi connectivity index (χ2n) is 5.31. The molecule has 0 unspecified atom stereocenters. The third-order valence-corrected chi connectivity index (χ3v) is 3.42. The van der Waals surface area contributed by atoms with Gasteiger partial charge in [-0.1, -0.05) is 6.07 Å². The van der Waals surface area contributed by atoms with E-state index in [1.54, 1.807) is 18.3 Å². The number of methoxy groups -OCH3 is 1. The molecule has 2 aromatic heterocycles. The second kappa shape index (κ2) is 7.95. The van der Waals surface area contributed by atoms with Crippen molar-refractivity contribution in [1.29, 1.82) is 0 Å². The smallest absolute Gasteiger partial charge is 0.258 e. The Bertz CT molecular complexity index is 957. The largest absolute Gasteiger partial charge is 0.493 e. The van der Waals surface area contributed by atoms with Gasteiger partial charge in [0.05, 0.1) is 7.11 Å². The van der Waals surface area contributed by atoms with Gasteiger partial charge in [0.1, 0.15) is 5.69 Å². The maximum atomic E-state index is 12.4. The molecular formula is C17H16N6O4. The van der Waals surface area contributed by atoms with Gasteiger partial charge in [-0.3, -0.25) is 19.9 Å². The zero-order valence-electron chi connectivity index (χ0n) is 14.3. The van der Waals surface area contributed by atoms with Crippen LogP contribution in [0.5, 0.6) is 11.5 Å². The van der Waals surface area contributed by atoms with Gasteiger partial charge < -0.3 is 20.2 Å². The van der Waals surface area contributed by atoms with Crippen LogP contribution in [0.3, 0.4) is 0 Å². The molecule has 138 valence electrons. The van der Waals surface area contributed by atoms with E-state index in [0.717, 1.165) is 0 Å². The number of amides is 2. The maximum absolute atomic E-state index is 12.4. The van der Waals surface area contributed by atoms with Crippen LogP contribution in [0.1, 0.15) is 10.4 Å². The molecular weight excluding hydrogens is 352 g/mol. The summed E-state index contributed by atoms with van der Waals surface area (Å²) < 4.78 is 10.4. The minimum absolute atomic E-state index is 0.175. The molecule has 3 rings (SSSR count). The number of carbonyl (C=O) groups is 2. The first kappa shape index (κ1) is 17.9. The third-order valence-electron chi connectivity index (χ3n) is 3.42. The van der Waals surface area contributed by atoms with E-state index in [1.165, 1.54) is 25.3 Å². The maximum Gasteiger partial charge on any atom is 0.258 e. The van der Waals surface area contributed by atoms with Crippen molar-refractivity contribution in [2.75, 3.05) is 19.0 Å². The molecule has 2 heterocycles. The van der Waals surface area contributed by atoms with Crippen LogP contribution in [0, 0.1) is 0 Å². The highest BCUT2D eigenvalue weighted by Crippen LogP contribution is 2.28. The number of pyridine rings is 1. The average Bonchev–Trinajstić information content (AvgIpc) is 3.15. The molecule has 10 nitrogen and oxygen atoms in total. The summed E-state index contributed by atoms with van der Waals surface area (Å²) in [5.74, 6) is 0.138. The zero-order valence-corrected chi connectivity index (χ0v) is 14.3. The molecule has 2 amide bonds. The first-order valence-corrected chi connectivity index (χ1v) is 7.81. The van der Waals surface area contributed by atoms with Gasteiger partial charge in [-0.25, -0.2) is 0 Å². The molecule has 0 saturated heterocycles. The molecule has 0 aliphatic heterocycles. The summed E-state index contributed by atoms with van der Waals surface area (Å²) in [7, 11) is 1.42. The molecule has 0 saturated carbocycles. The van der Waals surface area contributed by atoms with Gasteiger partial charge in [0, 0.05) is 11.8 Å². The number of carbonyl (C=O) groups excluding carboxylic acids is 2. The highest BCUT2D eigenvalue weighted by Gasteiger charge is 2.14. The number of primary amides is 1. The van der Waals surface area contributed by atoms with Gasteiger partial charge in [-0.2, -0.15) is 0 Å². The Morgan fingerprint density at radius 1 is 1.19 bits per heavy atom. The van der Waals surface area contributed by atoms with Crippen molar-refractivity contribution >= 4 is 17.8 Å². The third kappa shape index (κ3) is 4.37. The first-order valence-electron chi connectivity index (χ1n) is 7.81. The first-order chi connectivity index (χ1) is 13.1. The standard InChI is InChI=1S/C17H16N6O4/c1-26-13-8-10(5-6-12(13)27-9-14(18)24)16(25)21-17-20-15(22-23-17)11-4-2-3-7-19-11/h2-8H,9H2,1H3,(H2,18,24)(H2,20,21,22,23,25). The number of nitrogens with one attached hydrogen (secondary N) is 2. The number of anilines is 1. The number of aromatic amines is 1.